The molecule has 0 aromatic heterocycles. The smallest absolute Gasteiger partial charge is 0.0826 e. The van der Waals surface area contributed by atoms with Crippen molar-refractivity contribution in [1.82, 2.24) is 10.2 Å². The maximum atomic E-state index is 6.09. The van der Waals surface area contributed by atoms with E-state index in [2.05, 4.69) is 17.3 Å². The molecule has 0 aliphatic carbocycles. The summed E-state index contributed by atoms with van der Waals surface area (Å²) in [4.78, 5) is 2.35. The van der Waals surface area contributed by atoms with Crippen LogP contribution < -0.4 is 5.32 Å². The predicted octanol–water partition coefficient (Wildman–Crippen LogP) is 0.635. The monoisotopic (exact) mass is 284 g/mol. The van der Waals surface area contributed by atoms with Crippen LogP contribution in [0, 0.1) is 0 Å². The van der Waals surface area contributed by atoms with Gasteiger partial charge in [-0.2, -0.15) is 0 Å². The summed E-state index contributed by atoms with van der Waals surface area (Å²) in [5, 5.41) is 3.71. The van der Waals surface area contributed by atoms with Crippen molar-refractivity contribution in [2.75, 3.05) is 53.1 Å². The summed E-state index contributed by atoms with van der Waals surface area (Å²) in [6.45, 7) is 6.49. The van der Waals surface area contributed by atoms with Gasteiger partial charge in [-0.3, -0.25) is 0 Å². The van der Waals surface area contributed by atoms with Crippen LogP contribution in [0.15, 0.2) is 0 Å². The van der Waals surface area contributed by atoms with Crippen molar-refractivity contribution in [2.24, 2.45) is 0 Å². The highest BCUT2D eigenvalue weighted by atomic mass is 16.5. The minimum atomic E-state index is 0.0817. The van der Waals surface area contributed by atoms with E-state index in [1.807, 2.05) is 0 Å². The molecule has 3 heterocycles. The molecule has 0 amide bonds. The molecule has 3 fully saturated rings. The van der Waals surface area contributed by atoms with Crippen LogP contribution in [0.5, 0.6) is 0 Å². The van der Waals surface area contributed by atoms with Crippen LogP contribution in [0.1, 0.15) is 25.7 Å². The van der Waals surface area contributed by atoms with Crippen molar-refractivity contribution < 1.29 is 14.2 Å². The first kappa shape index (κ1) is 14.7. The maximum Gasteiger partial charge on any atom is 0.0826 e. The average molecular weight is 284 g/mol. The zero-order chi connectivity index (χ0) is 13.8. The van der Waals surface area contributed by atoms with Gasteiger partial charge in [0.05, 0.1) is 18.3 Å². The van der Waals surface area contributed by atoms with Gasteiger partial charge in [0, 0.05) is 45.5 Å². The quantitative estimate of drug-likeness (QED) is 0.823. The van der Waals surface area contributed by atoms with Crippen molar-refractivity contribution in [3.8, 4) is 0 Å². The molecule has 1 N–H and O–H groups in total. The molecule has 3 aliphatic heterocycles. The van der Waals surface area contributed by atoms with E-state index in [4.69, 9.17) is 14.2 Å². The maximum absolute atomic E-state index is 6.09. The second kappa shape index (κ2) is 6.71. The molecule has 0 radical (unpaired) electrons. The molecule has 2 unspecified atom stereocenters. The van der Waals surface area contributed by atoms with Crippen LogP contribution >= 0.6 is 0 Å². The molecule has 0 bridgehead atoms. The Bertz CT molecular complexity index is 302. The number of ether oxygens (including phenoxy) is 3. The van der Waals surface area contributed by atoms with Crippen molar-refractivity contribution in [3.05, 3.63) is 0 Å². The number of morpholine rings is 1. The third kappa shape index (κ3) is 3.71. The molecule has 0 saturated carbocycles. The number of nitrogens with zero attached hydrogens (tertiary/aromatic N) is 1. The summed E-state index contributed by atoms with van der Waals surface area (Å²) in [6, 6.07) is 0.567. The topological polar surface area (TPSA) is 43.0 Å². The first-order valence-electron chi connectivity index (χ1n) is 8.01. The largest absolute Gasteiger partial charge is 0.381 e. The average Bonchev–Trinajstić information content (AvgIpc) is 2.46. The molecule has 5 nitrogen and oxygen atoms in total. The van der Waals surface area contributed by atoms with E-state index >= 15 is 0 Å². The van der Waals surface area contributed by atoms with Crippen molar-refractivity contribution in [1.29, 1.82) is 0 Å². The Morgan fingerprint density at radius 3 is 2.85 bits per heavy atom. The van der Waals surface area contributed by atoms with Crippen molar-refractivity contribution in [2.45, 2.75) is 43.4 Å². The molecule has 20 heavy (non-hydrogen) atoms. The third-order valence-corrected chi connectivity index (χ3v) is 4.87. The highest BCUT2D eigenvalue weighted by Gasteiger charge is 2.39. The van der Waals surface area contributed by atoms with Gasteiger partial charge in [-0.1, -0.05) is 0 Å². The summed E-state index contributed by atoms with van der Waals surface area (Å²) in [5.74, 6) is 0. The van der Waals surface area contributed by atoms with Crippen LogP contribution in [0.3, 0.4) is 0 Å². The van der Waals surface area contributed by atoms with Gasteiger partial charge in [0.2, 0.25) is 0 Å². The Morgan fingerprint density at radius 2 is 2.05 bits per heavy atom. The van der Waals surface area contributed by atoms with E-state index in [-0.39, 0.29) is 5.60 Å². The molecular weight excluding hydrogens is 256 g/mol. The molecule has 2 atom stereocenters. The number of hydrogen-bond acceptors (Lipinski definition) is 5. The van der Waals surface area contributed by atoms with Crippen LogP contribution in [0.4, 0.5) is 0 Å². The molecule has 3 rings (SSSR count). The van der Waals surface area contributed by atoms with Gasteiger partial charge >= 0.3 is 0 Å². The van der Waals surface area contributed by atoms with Gasteiger partial charge in [0.25, 0.3) is 0 Å². The highest BCUT2D eigenvalue weighted by molar-refractivity contribution is 4.92. The zero-order valence-electron chi connectivity index (χ0n) is 12.6. The zero-order valence-corrected chi connectivity index (χ0v) is 12.6. The Balaban J connectivity index is 1.45. The minimum Gasteiger partial charge on any atom is -0.381 e. The third-order valence-electron chi connectivity index (χ3n) is 4.87. The highest BCUT2D eigenvalue weighted by Crippen LogP contribution is 2.34. The minimum absolute atomic E-state index is 0.0817. The van der Waals surface area contributed by atoms with Crippen molar-refractivity contribution >= 4 is 0 Å². The second-order valence-electron chi connectivity index (χ2n) is 6.50. The fourth-order valence-electron chi connectivity index (χ4n) is 3.58. The van der Waals surface area contributed by atoms with E-state index in [1.165, 1.54) is 0 Å². The lowest BCUT2D eigenvalue weighted by Crippen LogP contribution is -2.52. The van der Waals surface area contributed by atoms with Gasteiger partial charge < -0.3 is 24.4 Å². The van der Waals surface area contributed by atoms with E-state index in [1.54, 1.807) is 0 Å². The first-order valence-corrected chi connectivity index (χ1v) is 8.01. The molecule has 3 saturated heterocycles. The fraction of sp³-hybridized carbons (Fsp3) is 1.00. The molecule has 1 spiro atoms. The van der Waals surface area contributed by atoms with Crippen LogP contribution in [-0.2, 0) is 14.2 Å². The lowest BCUT2D eigenvalue weighted by atomic mass is 9.84. The summed E-state index contributed by atoms with van der Waals surface area (Å²) in [7, 11) is 2.17. The lowest BCUT2D eigenvalue weighted by molar-refractivity contribution is -0.141. The van der Waals surface area contributed by atoms with Gasteiger partial charge in [-0.25, -0.2) is 0 Å². The summed E-state index contributed by atoms with van der Waals surface area (Å²) in [6.07, 6.45) is 4.67. The van der Waals surface area contributed by atoms with E-state index in [0.29, 0.717) is 12.1 Å². The van der Waals surface area contributed by atoms with Crippen LogP contribution in [0.2, 0.25) is 0 Å². The number of hydrogen-bond donors (Lipinski definition) is 1. The number of likely N-dealkylation sites (N-methyl/N-ethyl adjacent to an activating group) is 1. The molecule has 5 heteroatoms. The molecule has 0 aromatic rings. The molecule has 0 aromatic carbocycles. The van der Waals surface area contributed by atoms with Crippen LogP contribution in [-0.4, -0.2) is 75.8 Å². The Morgan fingerprint density at radius 1 is 1.20 bits per heavy atom. The number of rotatable bonds is 3. The van der Waals surface area contributed by atoms with Gasteiger partial charge in [-0.15, -0.1) is 0 Å². The molecule has 116 valence electrons. The van der Waals surface area contributed by atoms with E-state index < -0.39 is 0 Å². The SMILES string of the molecule is CN1CCOC(CNC2CCOC3(CCOCC3)C2)C1. The van der Waals surface area contributed by atoms with Crippen LogP contribution in [0.25, 0.3) is 0 Å². The molecular formula is C15H28N2O3. The standard InChI is InChI=1S/C15H28N2O3/c1-17-5-9-19-14(12-17)11-16-13-2-6-20-15(10-13)3-7-18-8-4-15/h13-14,16H,2-12H2,1H3. The Labute approximate surface area is 121 Å². The van der Waals surface area contributed by atoms with Gasteiger partial charge in [-0.05, 0) is 32.7 Å². The van der Waals surface area contributed by atoms with Gasteiger partial charge in [0.1, 0.15) is 0 Å². The molecule has 3 aliphatic rings. The Kier molecular flexibility index (Phi) is 4.94. The van der Waals surface area contributed by atoms with Gasteiger partial charge in [0.15, 0.2) is 0 Å². The van der Waals surface area contributed by atoms with Crippen molar-refractivity contribution in [3.63, 3.8) is 0 Å². The predicted molar refractivity (Wildman–Crippen MR) is 77.0 cm³/mol. The Hall–Kier alpha value is -0.200. The van der Waals surface area contributed by atoms with E-state index in [9.17, 15) is 0 Å². The first-order chi connectivity index (χ1) is 9.76. The number of nitrogens with one attached hydrogen (secondary N) is 1. The normalized spacial score (nSPS) is 35.2. The fourth-order valence-corrected chi connectivity index (χ4v) is 3.58. The second-order valence-corrected chi connectivity index (χ2v) is 6.50. The summed E-state index contributed by atoms with van der Waals surface area (Å²) < 4.78 is 17.4. The lowest BCUT2D eigenvalue weighted by Gasteiger charge is -2.44. The summed E-state index contributed by atoms with van der Waals surface area (Å²) >= 11 is 0. The van der Waals surface area contributed by atoms with E-state index in [0.717, 1.165) is 71.7 Å². The summed E-state index contributed by atoms with van der Waals surface area (Å²) in [5.41, 5.74) is 0.0817.